The van der Waals surface area contributed by atoms with Gasteiger partial charge in [-0.2, -0.15) is 0 Å². The molecule has 1 heterocycles. The summed E-state index contributed by atoms with van der Waals surface area (Å²) in [6, 6.07) is 17.5. The molecule has 4 aromatic rings. The number of amides is 1. The molecule has 1 amide bonds. The third-order valence-corrected chi connectivity index (χ3v) is 5.07. The Morgan fingerprint density at radius 3 is 2.71 bits per heavy atom. The van der Waals surface area contributed by atoms with Gasteiger partial charge in [0, 0.05) is 22.3 Å². The van der Waals surface area contributed by atoms with E-state index in [-0.39, 0.29) is 5.91 Å². The number of rotatable bonds is 6. The number of methoxy groups -OCH3 is 1. The predicted molar refractivity (Wildman–Crippen MR) is 121 cm³/mol. The summed E-state index contributed by atoms with van der Waals surface area (Å²) in [6.07, 6.45) is -0.781. The first-order valence-electron chi connectivity index (χ1n) is 9.40. The molecule has 0 saturated heterocycles. The molecule has 0 fully saturated rings. The number of carbonyl (C=O) groups is 1. The summed E-state index contributed by atoms with van der Waals surface area (Å²) in [4.78, 5) is 17.1. The lowest BCUT2D eigenvalue weighted by atomic mass is 10.2. The van der Waals surface area contributed by atoms with Gasteiger partial charge in [-0.1, -0.05) is 29.3 Å². The number of aromatic nitrogens is 1. The van der Waals surface area contributed by atoms with Crippen LogP contribution in [0.5, 0.6) is 11.5 Å². The highest BCUT2D eigenvalue weighted by molar-refractivity contribution is 6.35. The van der Waals surface area contributed by atoms with E-state index < -0.39 is 6.10 Å². The van der Waals surface area contributed by atoms with Gasteiger partial charge in [-0.3, -0.25) is 4.79 Å². The molecular formula is C23H18Cl2N2O4. The second-order valence-electron chi connectivity index (χ2n) is 6.76. The zero-order valence-electron chi connectivity index (χ0n) is 16.7. The number of hydrogen-bond acceptors (Lipinski definition) is 5. The highest BCUT2D eigenvalue weighted by Crippen LogP contribution is 2.30. The Labute approximate surface area is 188 Å². The van der Waals surface area contributed by atoms with Gasteiger partial charge in [0.05, 0.1) is 12.1 Å². The number of fused-ring (bicyclic) bond motifs is 1. The quantitative estimate of drug-likeness (QED) is 0.372. The van der Waals surface area contributed by atoms with E-state index in [0.29, 0.717) is 44.2 Å². The average molecular weight is 457 g/mol. The second kappa shape index (κ2) is 8.88. The third-order valence-electron chi connectivity index (χ3n) is 4.54. The molecule has 4 rings (SSSR count). The van der Waals surface area contributed by atoms with Crippen LogP contribution in [-0.4, -0.2) is 24.1 Å². The lowest BCUT2D eigenvalue weighted by Gasteiger charge is -2.15. The minimum Gasteiger partial charge on any atom is -0.497 e. The van der Waals surface area contributed by atoms with E-state index in [1.165, 1.54) is 0 Å². The molecule has 0 aliphatic rings. The van der Waals surface area contributed by atoms with Crippen molar-refractivity contribution in [3.8, 4) is 23.0 Å². The molecule has 0 saturated carbocycles. The van der Waals surface area contributed by atoms with Crippen LogP contribution in [0.25, 0.3) is 22.6 Å². The minimum atomic E-state index is -0.781. The molecular weight excluding hydrogens is 439 g/mol. The molecule has 158 valence electrons. The maximum absolute atomic E-state index is 12.6. The fourth-order valence-corrected chi connectivity index (χ4v) is 3.39. The smallest absolute Gasteiger partial charge is 0.265 e. The molecule has 31 heavy (non-hydrogen) atoms. The summed E-state index contributed by atoms with van der Waals surface area (Å²) in [5, 5.41) is 3.63. The Morgan fingerprint density at radius 1 is 1.10 bits per heavy atom. The number of nitrogens with zero attached hydrogens (tertiary/aromatic N) is 1. The largest absolute Gasteiger partial charge is 0.497 e. The highest BCUT2D eigenvalue weighted by atomic mass is 35.5. The number of carbonyl (C=O) groups excluding carboxylic acids is 1. The number of halogens is 2. The summed E-state index contributed by atoms with van der Waals surface area (Å²) in [7, 11) is 1.60. The fraction of sp³-hybridized carbons (Fsp3) is 0.130. The molecule has 0 aliphatic heterocycles. The molecule has 3 aromatic carbocycles. The number of anilines is 1. The van der Waals surface area contributed by atoms with E-state index in [0.717, 1.165) is 5.56 Å². The first-order valence-corrected chi connectivity index (χ1v) is 10.2. The number of nitrogens with one attached hydrogen (secondary N) is 1. The van der Waals surface area contributed by atoms with Crippen LogP contribution < -0.4 is 14.8 Å². The van der Waals surface area contributed by atoms with E-state index in [2.05, 4.69) is 10.3 Å². The first kappa shape index (κ1) is 21.0. The van der Waals surface area contributed by atoms with Crippen LogP contribution in [0.3, 0.4) is 0 Å². The van der Waals surface area contributed by atoms with E-state index >= 15 is 0 Å². The molecule has 1 atom stereocenters. The average Bonchev–Trinajstić information content (AvgIpc) is 3.19. The van der Waals surface area contributed by atoms with Crippen LogP contribution in [-0.2, 0) is 4.79 Å². The normalized spacial score (nSPS) is 11.9. The number of ether oxygens (including phenoxy) is 2. The molecule has 0 spiro atoms. The summed E-state index contributed by atoms with van der Waals surface area (Å²) in [6.45, 7) is 1.63. The van der Waals surface area contributed by atoms with Gasteiger partial charge in [0.25, 0.3) is 5.91 Å². The maximum atomic E-state index is 12.6. The summed E-state index contributed by atoms with van der Waals surface area (Å²) in [5.74, 6) is 1.22. The van der Waals surface area contributed by atoms with E-state index in [1.807, 2.05) is 24.3 Å². The van der Waals surface area contributed by atoms with Crippen LogP contribution >= 0.6 is 23.2 Å². The van der Waals surface area contributed by atoms with Crippen LogP contribution in [0.2, 0.25) is 10.0 Å². The minimum absolute atomic E-state index is 0.334. The monoisotopic (exact) mass is 456 g/mol. The lowest BCUT2D eigenvalue weighted by molar-refractivity contribution is -0.122. The van der Waals surface area contributed by atoms with Crippen molar-refractivity contribution in [3.63, 3.8) is 0 Å². The molecule has 0 radical (unpaired) electrons. The molecule has 1 N–H and O–H groups in total. The summed E-state index contributed by atoms with van der Waals surface area (Å²) >= 11 is 12.0. The Morgan fingerprint density at radius 2 is 1.94 bits per heavy atom. The van der Waals surface area contributed by atoms with Crippen LogP contribution in [0.15, 0.2) is 65.1 Å². The fourth-order valence-electron chi connectivity index (χ4n) is 2.94. The van der Waals surface area contributed by atoms with Gasteiger partial charge in [-0.25, -0.2) is 4.98 Å². The van der Waals surface area contributed by atoms with E-state index in [1.54, 1.807) is 50.4 Å². The van der Waals surface area contributed by atoms with E-state index in [4.69, 9.17) is 37.1 Å². The highest BCUT2D eigenvalue weighted by Gasteiger charge is 2.17. The first-order chi connectivity index (χ1) is 14.9. The van der Waals surface area contributed by atoms with E-state index in [9.17, 15) is 4.79 Å². The molecule has 1 unspecified atom stereocenters. The number of hydrogen-bond donors (Lipinski definition) is 1. The third kappa shape index (κ3) is 4.76. The van der Waals surface area contributed by atoms with Gasteiger partial charge in [-0.15, -0.1) is 0 Å². The Bertz CT molecular complexity index is 1260. The van der Waals surface area contributed by atoms with Gasteiger partial charge >= 0.3 is 0 Å². The summed E-state index contributed by atoms with van der Waals surface area (Å²) in [5.41, 5.74) is 2.57. The molecule has 0 bridgehead atoms. The SMILES string of the molecule is COc1cccc(-c2nc3ccc(NC(=O)C(C)Oc4ccc(Cl)cc4Cl)cc3o2)c1. The van der Waals surface area contributed by atoms with Crippen molar-refractivity contribution in [3.05, 3.63) is 70.7 Å². The molecule has 6 nitrogen and oxygen atoms in total. The van der Waals surface area contributed by atoms with Crippen molar-refractivity contribution < 1.29 is 18.7 Å². The zero-order chi connectivity index (χ0) is 22.0. The Balaban J connectivity index is 1.49. The van der Waals surface area contributed by atoms with Crippen molar-refractivity contribution in [2.45, 2.75) is 13.0 Å². The van der Waals surface area contributed by atoms with Crippen LogP contribution in [0.1, 0.15) is 6.92 Å². The maximum Gasteiger partial charge on any atom is 0.265 e. The van der Waals surface area contributed by atoms with Gasteiger partial charge in [0.2, 0.25) is 5.89 Å². The van der Waals surface area contributed by atoms with Crippen LogP contribution in [0, 0.1) is 0 Å². The van der Waals surface area contributed by atoms with Crippen molar-refractivity contribution in [1.29, 1.82) is 0 Å². The van der Waals surface area contributed by atoms with Crippen LogP contribution in [0.4, 0.5) is 5.69 Å². The molecule has 0 aliphatic carbocycles. The number of oxazole rings is 1. The lowest BCUT2D eigenvalue weighted by Crippen LogP contribution is -2.30. The van der Waals surface area contributed by atoms with Crippen molar-refractivity contribution in [2.24, 2.45) is 0 Å². The molecule has 8 heteroatoms. The Kier molecular flexibility index (Phi) is 6.02. The van der Waals surface area contributed by atoms with Gasteiger partial charge < -0.3 is 19.2 Å². The molecule has 1 aromatic heterocycles. The number of benzene rings is 3. The summed E-state index contributed by atoms with van der Waals surface area (Å²) < 4.78 is 16.8. The second-order valence-corrected chi connectivity index (χ2v) is 7.60. The van der Waals surface area contributed by atoms with Crippen molar-refractivity contribution in [2.75, 3.05) is 12.4 Å². The topological polar surface area (TPSA) is 73.6 Å². The van der Waals surface area contributed by atoms with Crippen molar-refractivity contribution >= 4 is 45.9 Å². The standard InChI is InChI=1S/C23H18Cl2N2O4/c1-13(30-20-9-6-15(24)11-18(20)25)22(28)26-16-7-8-19-21(12-16)31-23(27-19)14-4-3-5-17(10-14)29-2/h3-13H,1-2H3,(H,26,28). The Hall–Kier alpha value is -3.22. The zero-order valence-corrected chi connectivity index (χ0v) is 18.2. The van der Waals surface area contributed by atoms with Gasteiger partial charge in [0.15, 0.2) is 11.7 Å². The van der Waals surface area contributed by atoms with Crippen molar-refractivity contribution in [1.82, 2.24) is 4.98 Å². The van der Waals surface area contributed by atoms with Gasteiger partial charge in [-0.05, 0) is 55.5 Å². The predicted octanol–water partition coefficient (Wildman–Crippen LogP) is 6.22. The van der Waals surface area contributed by atoms with Gasteiger partial charge in [0.1, 0.15) is 17.0 Å².